The van der Waals surface area contributed by atoms with E-state index < -0.39 is 6.10 Å². The number of benzene rings is 3. The first kappa shape index (κ1) is 22.7. The Morgan fingerprint density at radius 1 is 1.15 bits per heavy atom. The molecule has 0 aliphatic carbocycles. The van der Waals surface area contributed by atoms with Crippen molar-refractivity contribution >= 4 is 29.1 Å². The molecule has 0 radical (unpaired) electrons. The fraction of sp³-hybridized carbons (Fsp3) is 0.231. The highest BCUT2D eigenvalue weighted by Crippen LogP contribution is 2.30. The van der Waals surface area contributed by atoms with Gasteiger partial charge in [0.1, 0.15) is 11.5 Å². The zero-order valence-corrected chi connectivity index (χ0v) is 19.3. The van der Waals surface area contributed by atoms with Gasteiger partial charge < -0.3 is 19.7 Å². The maximum atomic E-state index is 12.9. The molecular formula is C26H25ClN2O4. The van der Waals surface area contributed by atoms with Gasteiger partial charge in [-0.25, -0.2) is 0 Å². The van der Waals surface area contributed by atoms with Crippen molar-refractivity contribution in [3.05, 3.63) is 88.4 Å². The predicted octanol–water partition coefficient (Wildman–Crippen LogP) is 4.84. The van der Waals surface area contributed by atoms with Gasteiger partial charge in [-0.1, -0.05) is 41.9 Å². The molecule has 1 heterocycles. The van der Waals surface area contributed by atoms with Crippen LogP contribution in [0.4, 0.5) is 5.69 Å². The van der Waals surface area contributed by atoms with Crippen molar-refractivity contribution in [1.82, 2.24) is 4.90 Å². The van der Waals surface area contributed by atoms with Gasteiger partial charge in [-0.2, -0.15) is 0 Å². The van der Waals surface area contributed by atoms with E-state index in [4.69, 9.17) is 21.1 Å². The van der Waals surface area contributed by atoms with Crippen LogP contribution in [0.15, 0.2) is 66.7 Å². The maximum Gasteiger partial charge on any atom is 0.263 e. The molecule has 1 aliphatic heterocycles. The maximum absolute atomic E-state index is 12.9. The number of nitrogens with one attached hydrogen (secondary N) is 1. The van der Waals surface area contributed by atoms with E-state index in [1.54, 1.807) is 31.1 Å². The molecule has 3 aromatic carbocycles. The van der Waals surface area contributed by atoms with Crippen LogP contribution in [-0.2, 0) is 29.1 Å². The lowest BCUT2D eigenvalue weighted by atomic mass is 10.1. The summed E-state index contributed by atoms with van der Waals surface area (Å²) in [6.07, 6.45) is -0.402. The highest BCUT2D eigenvalue weighted by atomic mass is 35.5. The second-order valence-electron chi connectivity index (χ2n) is 7.94. The smallest absolute Gasteiger partial charge is 0.263 e. The summed E-state index contributed by atoms with van der Waals surface area (Å²) in [5, 5.41) is 3.55. The van der Waals surface area contributed by atoms with Crippen LogP contribution >= 0.6 is 11.6 Å². The first-order chi connectivity index (χ1) is 15.9. The second kappa shape index (κ2) is 9.96. The molecule has 1 N–H and O–H groups in total. The Morgan fingerprint density at radius 3 is 2.76 bits per heavy atom. The summed E-state index contributed by atoms with van der Waals surface area (Å²) >= 11 is 6.31. The van der Waals surface area contributed by atoms with Gasteiger partial charge >= 0.3 is 0 Å². The normalized spacial score (nSPS) is 15.3. The Kier molecular flexibility index (Phi) is 6.84. The van der Waals surface area contributed by atoms with Crippen molar-refractivity contribution < 1.29 is 19.1 Å². The molecular weight excluding hydrogens is 440 g/mol. The number of carbonyl (C=O) groups is 2. The average Bonchev–Trinajstić information content (AvgIpc) is 2.91. The largest absolute Gasteiger partial charge is 0.497 e. The molecule has 7 heteroatoms. The molecule has 33 heavy (non-hydrogen) atoms. The number of methoxy groups -OCH3 is 1. The molecule has 0 saturated heterocycles. The number of fused-ring (bicyclic) bond motifs is 1. The van der Waals surface area contributed by atoms with Crippen LogP contribution < -0.4 is 14.8 Å². The van der Waals surface area contributed by atoms with Gasteiger partial charge in [0.25, 0.3) is 5.91 Å². The van der Waals surface area contributed by atoms with E-state index in [0.717, 1.165) is 16.7 Å². The molecule has 0 unspecified atom stereocenters. The van der Waals surface area contributed by atoms with Gasteiger partial charge in [-0.3, -0.25) is 9.59 Å². The van der Waals surface area contributed by atoms with Crippen LogP contribution in [0.25, 0.3) is 0 Å². The number of rotatable bonds is 6. The molecule has 1 aliphatic rings. The van der Waals surface area contributed by atoms with Crippen LogP contribution in [0.2, 0.25) is 5.02 Å². The third kappa shape index (κ3) is 5.46. The standard InChI is InChI=1S/C26H25ClN2O4/c1-17-26(31)29(15-19-7-3-4-9-23(19)27)16-20-14-21(10-11-24(20)33-17)28-25(30)13-18-6-5-8-22(12-18)32-2/h3-12,14,17H,13,15-16H2,1-2H3,(H,28,30)/t17-/m0/s1. The molecule has 170 valence electrons. The summed E-state index contributed by atoms with van der Waals surface area (Å²) in [5.74, 6) is 1.08. The Labute approximate surface area is 198 Å². The SMILES string of the molecule is COc1cccc(CC(=O)Nc2ccc3c(c2)CN(Cc2ccccc2Cl)C(=O)[C@H](C)O3)c1. The number of carbonyl (C=O) groups excluding carboxylic acids is 2. The number of hydrogen-bond donors (Lipinski definition) is 1. The Balaban J connectivity index is 1.51. The van der Waals surface area contributed by atoms with E-state index in [-0.39, 0.29) is 18.2 Å². The van der Waals surface area contributed by atoms with E-state index in [1.807, 2.05) is 54.6 Å². The zero-order valence-electron chi connectivity index (χ0n) is 18.5. The van der Waals surface area contributed by atoms with Crippen molar-refractivity contribution in [3.8, 4) is 11.5 Å². The summed E-state index contributed by atoms with van der Waals surface area (Å²) in [6, 6.07) is 20.3. The lowest BCUT2D eigenvalue weighted by Crippen LogP contribution is -2.37. The van der Waals surface area contributed by atoms with Gasteiger partial charge in [0.15, 0.2) is 6.10 Å². The molecule has 4 rings (SSSR count). The van der Waals surface area contributed by atoms with Crippen molar-refractivity contribution in [1.29, 1.82) is 0 Å². The predicted molar refractivity (Wildman–Crippen MR) is 128 cm³/mol. The Bertz CT molecular complexity index is 1180. The number of ether oxygens (including phenoxy) is 2. The van der Waals surface area contributed by atoms with Crippen LogP contribution in [0.3, 0.4) is 0 Å². The summed E-state index contributed by atoms with van der Waals surface area (Å²) < 4.78 is 11.1. The minimum absolute atomic E-state index is 0.116. The first-order valence-electron chi connectivity index (χ1n) is 10.7. The minimum Gasteiger partial charge on any atom is -0.497 e. The van der Waals surface area contributed by atoms with E-state index in [1.165, 1.54) is 0 Å². The van der Waals surface area contributed by atoms with E-state index >= 15 is 0 Å². The van der Waals surface area contributed by atoms with Crippen LogP contribution in [0.5, 0.6) is 11.5 Å². The van der Waals surface area contributed by atoms with Crippen molar-refractivity contribution in [2.75, 3.05) is 12.4 Å². The first-order valence-corrected chi connectivity index (χ1v) is 11.1. The van der Waals surface area contributed by atoms with Gasteiger partial charge in [-0.05, 0) is 54.4 Å². The summed E-state index contributed by atoms with van der Waals surface area (Å²) in [4.78, 5) is 27.2. The van der Waals surface area contributed by atoms with Crippen LogP contribution in [0.1, 0.15) is 23.6 Å². The average molecular weight is 465 g/mol. The zero-order chi connectivity index (χ0) is 23.4. The molecule has 6 nitrogen and oxygen atoms in total. The number of amides is 2. The molecule has 0 saturated carbocycles. The van der Waals surface area contributed by atoms with Crippen molar-refractivity contribution in [3.63, 3.8) is 0 Å². The molecule has 0 bridgehead atoms. The lowest BCUT2D eigenvalue weighted by Gasteiger charge is -2.22. The molecule has 1 atom stereocenters. The topological polar surface area (TPSA) is 67.9 Å². The second-order valence-corrected chi connectivity index (χ2v) is 8.35. The van der Waals surface area contributed by atoms with Crippen molar-refractivity contribution in [2.24, 2.45) is 0 Å². The van der Waals surface area contributed by atoms with Crippen molar-refractivity contribution in [2.45, 2.75) is 32.5 Å². The summed E-state index contributed by atoms with van der Waals surface area (Å²) in [7, 11) is 1.59. The number of hydrogen-bond acceptors (Lipinski definition) is 4. The number of nitrogens with zero attached hydrogens (tertiary/aromatic N) is 1. The molecule has 0 aromatic heterocycles. The van der Waals surface area contributed by atoms with E-state index in [2.05, 4.69) is 5.32 Å². The monoisotopic (exact) mass is 464 g/mol. The summed E-state index contributed by atoms with van der Waals surface area (Å²) in [6.45, 7) is 2.46. The van der Waals surface area contributed by atoms with Gasteiger partial charge in [-0.15, -0.1) is 0 Å². The van der Waals surface area contributed by atoms with E-state index in [0.29, 0.717) is 35.3 Å². The quantitative estimate of drug-likeness (QED) is 0.566. The Hall–Kier alpha value is -3.51. The molecule has 0 fully saturated rings. The fourth-order valence-electron chi connectivity index (χ4n) is 3.82. The van der Waals surface area contributed by atoms with Gasteiger partial charge in [0.05, 0.1) is 13.5 Å². The Morgan fingerprint density at radius 2 is 1.97 bits per heavy atom. The third-order valence-corrected chi connectivity index (χ3v) is 5.86. The molecule has 0 spiro atoms. The fourth-order valence-corrected chi connectivity index (χ4v) is 4.01. The highest BCUT2D eigenvalue weighted by Gasteiger charge is 2.28. The summed E-state index contributed by atoms with van der Waals surface area (Å²) in [5.41, 5.74) is 3.19. The van der Waals surface area contributed by atoms with Gasteiger partial charge in [0.2, 0.25) is 5.91 Å². The molecule has 3 aromatic rings. The van der Waals surface area contributed by atoms with Crippen LogP contribution in [0, 0.1) is 0 Å². The highest BCUT2D eigenvalue weighted by molar-refractivity contribution is 6.31. The van der Waals surface area contributed by atoms with Gasteiger partial charge in [0, 0.05) is 29.4 Å². The van der Waals surface area contributed by atoms with E-state index in [9.17, 15) is 9.59 Å². The number of anilines is 1. The van der Waals surface area contributed by atoms with Crippen LogP contribution in [-0.4, -0.2) is 29.9 Å². The minimum atomic E-state index is -0.623. The number of halogens is 1. The lowest BCUT2D eigenvalue weighted by molar-refractivity contribution is -0.138. The molecule has 2 amide bonds. The third-order valence-electron chi connectivity index (χ3n) is 5.49.